The normalized spacial score (nSPS) is 10.9. The average molecular weight is 265 g/mol. The molecule has 0 saturated heterocycles. The van der Waals surface area contributed by atoms with Crippen molar-refractivity contribution in [3.63, 3.8) is 0 Å². The zero-order valence-electron chi connectivity index (χ0n) is 12.2. The van der Waals surface area contributed by atoms with Crippen molar-refractivity contribution in [3.8, 4) is 11.8 Å². The van der Waals surface area contributed by atoms with E-state index in [9.17, 15) is 0 Å². The lowest BCUT2D eigenvalue weighted by Gasteiger charge is -2.19. The summed E-state index contributed by atoms with van der Waals surface area (Å²) in [6.45, 7) is 7.10. The summed E-state index contributed by atoms with van der Waals surface area (Å²) in [4.78, 5) is 0. The first kappa shape index (κ1) is 14.1. The molecule has 0 aliphatic carbocycles. The Labute approximate surface area is 120 Å². The molecule has 2 rings (SSSR count). The molecule has 2 aromatic rings. The molecular formula is C18H19NO. The Morgan fingerprint density at radius 3 is 2.05 bits per heavy atom. The Balaban J connectivity index is 1.98. The molecule has 0 aliphatic rings. The Bertz CT molecular complexity index is 598. The fourth-order valence-corrected chi connectivity index (χ4v) is 1.89. The third kappa shape index (κ3) is 3.61. The molecule has 0 aliphatic heterocycles. The molecule has 20 heavy (non-hydrogen) atoms. The van der Waals surface area contributed by atoms with Crippen LogP contribution in [-0.4, -0.2) is 0 Å². The smallest absolute Gasteiger partial charge is 0.119 e. The number of rotatable bonds is 3. The van der Waals surface area contributed by atoms with Crippen molar-refractivity contribution in [2.75, 3.05) is 0 Å². The molecule has 0 heterocycles. The van der Waals surface area contributed by atoms with Crippen LogP contribution in [0.3, 0.4) is 0 Å². The molecule has 0 N–H and O–H groups in total. The van der Waals surface area contributed by atoms with Gasteiger partial charge in [0.15, 0.2) is 0 Å². The first-order valence-electron chi connectivity index (χ1n) is 6.71. The fraction of sp³-hybridized carbons (Fsp3) is 0.278. The molecule has 0 amide bonds. The zero-order chi connectivity index (χ0) is 14.6. The summed E-state index contributed by atoms with van der Waals surface area (Å²) in [6.07, 6.45) is 0. The number of benzene rings is 2. The van der Waals surface area contributed by atoms with Gasteiger partial charge in [0.2, 0.25) is 0 Å². The van der Waals surface area contributed by atoms with Crippen molar-refractivity contribution < 1.29 is 4.74 Å². The molecule has 0 unspecified atom stereocenters. The number of hydrogen-bond donors (Lipinski definition) is 0. The van der Waals surface area contributed by atoms with Crippen molar-refractivity contribution in [3.05, 3.63) is 65.2 Å². The Kier molecular flexibility index (Phi) is 4.10. The predicted molar refractivity (Wildman–Crippen MR) is 80.6 cm³/mol. The van der Waals surface area contributed by atoms with Crippen LogP contribution in [0, 0.1) is 11.3 Å². The predicted octanol–water partition coefficient (Wildman–Crippen LogP) is 4.43. The van der Waals surface area contributed by atoms with Crippen molar-refractivity contribution in [2.24, 2.45) is 0 Å². The molecule has 2 nitrogen and oxygen atoms in total. The van der Waals surface area contributed by atoms with Gasteiger partial charge in [-0.25, -0.2) is 0 Å². The van der Waals surface area contributed by atoms with E-state index in [4.69, 9.17) is 10.00 Å². The second-order valence-electron chi connectivity index (χ2n) is 5.87. The van der Waals surface area contributed by atoms with Gasteiger partial charge in [-0.1, -0.05) is 45.0 Å². The van der Waals surface area contributed by atoms with Crippen LogP contribution in [-0.2, 0) is 12.0 Å². The van der Waals surface area contributed by atoms with Crippen LogP contribution < -0.4 is 4.74 Å². The molecule has 0 atom stereocenters. The maximum Gasteiger partial charge on any atom is 0.119 e. The third-order valence-electron chi connectivity index (χ3n) is 3.21. The molecule has 0 radical (unpaired) electrons. The van der Waals surface area contributed by atoms with Gasteiger partial charge in [0.1, 0.15) is 12.4 Å². The van der Waals surface area contributed by atoms with Crippen LogP contribution in [0.2, 0.25) is 0 Å². The first-order valence-corrected chi connectivity index (χ1v) is 6.71. The van der Waals surface area contributed by atoms with Gasteiger partial charge in [-0.3, -0.25) is 0 Å². The van der Waals surface area contributed by atoms with E-state index in [1.807, 2.05) is 24.3 Å². The summed E-state index contributed by atoms with van der Waals surface area (Å²) in [5.41, 5.74) is 3.18. The maximum atomic E-state index is 8.75. The molecule has 102 valence electrons. The SMILES string of the molecule is CC(C)(C)c1ccc(OCc2ccc(C#N)cc2)cc1. The highest BCUT2D eigenvalue weighted by molar-refractivity contribution is 5.33. The minimum atomic E-state index is 0.158. The highest BCUT2D eigenvalue weighted by Gasteiger charge is 2.12. The van der Waals surface area contributed by atoms with Crippen LogP contribution in [0.25, 0.3) is 0 Å². The van der Waals surface area contributed by atoms with E-state index >= 15 is 0 Å². The van der Waals surface area contributed by atoms with Crippen molar-refractivity contribution in [1.29, 1.82) is 5.26 Å². The van der Waals surface area contributed by atoms with Gasteiger partial charge >= 0.3 is 0 Å². The van der Waals surface area contributed by atoms with Crippen molar-refractivity contribution in [2.45, 2.75) is 32.8 Å². The summed E-state index contributed by atoms with van der Waals surface area (Å²) in [5, 5.41) is 8.75. The molecule has 0 bridgehead atoms. The standard InChI is InChI=1S/C18H19NO/c1-18(2,3)16-8-10-17(11-9-16)20-13-15-6-4-14(12-19)5-7-15/h4-11H,13H2,1-3H3. The molecule has 0 aromatic heterocycles. The molecule has 0 saturated carbocycles. The van der Waals surface area contributed by atoms with Crippen LogP contribution in [0.15, 0.2) is 48.5 Å². The average Bonchev–Trinajstić information content (AvgIpc) is 2.45. The minimum absolute atomic E-state index is 0.158. The fourth-order valence-electron chi connectivity index (χ4n) is 1.89. The summed E-state index contributed by atoms with van der Waals surface area (Å²) < 4.78 is 5.75. The summed E-state index contributed by atoms with van der Waals surface area (Å²) >= 11 is 0. The molecule has 0 spiro atoms. The Morgan fingerprint density at radius 1 is 0.950 bits per heavy atom. The topological polar surface area (TPSA) is 33.0 Å². The van der Waals surface area contributed by atoms with Crippen LogP contribution >= 0.6 is 0 Å². The molecule has 2 aromatic carbocycles. The van der Waals surface area contributed by atoms with Gasteiger partial charge in [-0.15, -0.1) is 0 Å². The highest BCUT2D eigenvalue weighted by atomic mass is 16.5. The van der Waals surface area contributed by atoms with E-state index in [0.29, 0.717) is 12.2 Å². The Hall–Kier alpha value is -2.27. The van der Waals surface area contributed by atoms with E-state index in [-0.39, 0.29) is 5.41 Å². The molecule has 2 heteroatoms. The molecule has 0 fully saturated rings. The largest absolute Gasteiger partial charge is 0.489 e. The van der Waals surface area contributed by atoms with Crippen molar-refractivity contribution >= 4 is 0 Å². The van der Waals surface area contributed by atoms with Crippen LogP contribution in [0.5, 0.6) is 5.75 Å². The second-order valence-corrected chi connectivity index (χ2v) is 5.87. The van der Waals surface area contributed by atoms with Gasteiger partial charge in [0.25, 0.3) is 0 Å². The summed E-state index contributed by atoms with van der Waals surface area (Å²) in [6, 6.07) is 17.8. The lowest BCUT2D eigenvalue weighted by Crippen LogP contribution is -2.10. The van der Waals surface area contributed by atoms with Crippen molar-refractivity contribution in [1.82, 2.24) is 0 Å². The van der Waals surface area contributed by atoms with E-state index in [1.54, 1.807) is 12.1 Å². The quantitative estimate of drug-likeness (QED) is 0.822. The number of nitriles is 1. The number of nitrogens with zero attached hydrogens (tertiary/aromatic N) is 1. The van der Waals surface area contributed by atoms with Gasteiger partial charge in [0.05, 0.1) is 11.6 Å². The van der Waals surface area contributed by atoms with Gasteiger partial charge in [0, 0.05) is 0 Å². The summed E-state index contributed by atoms with van der Waals surface area (Å²) in [7, 11) is 0. The van der Waals surface area contributed by atoms with Crippen LogP contribution in [0.1, 0.15) is 37.5 Å². The zero-order valence-corrected chi connectivity index (χ0v) is 12.2. The van der Waals surface area contributed by atoms with Gasteiger partial charge < -0.3 is 4.74 Å². The van der Waals surface area contributed by atoms with Crippen LogP contribution in [0.4, 0.5) is 0 Å². The van der Waals surface area contributed by atoms with E-state index in [2.05, 4.69) is 39.0 Å². The van der Waals surface area contributed by atoms with E-state index in [1.165, 1.54) is 5.56 Å². The second kappa shape index (κ2) is 5.79. The Morgan fingerprint density at radius 2 is 1.55 bits per heavy atom. The number of hydrogen-bond acceptors (Lipinski definition) is 2. The minimum Gasteiger partial charge on any atom is -0.489 e. The monoisotopic (exact) mass is 265 g/mol. The lowest BCUT2D eigenvalue weighted by atomic mass is 9.87. The van der Waals surface area contributed by atoms with Gasteiger partial charge in [-0.2, -0.15) is 5.26 Å². The summed E-state index contributed by atoms with van der Waals surface area (Å²) in [5.74, 6) is 0.863. The van der Waals surface area contributed by atoms with E-state index < -0.39 is 0 Å². The van der Waals surface area contributed by atoms with Gasteiger partial charge in [-0.05, 0) is 40.8 Å². The third-order valence-corrected chi connectivity index (χ3v) is 3.21. The number of ether oxygens (including phenoxy) is 1. The first-order chi connectivity index (χ1) is 9.49. The van der Waals surface area contributed by atoms with E-state index in [0.717, 1.165) is 11.3 Å². The lowest BCUT2D eigenvalue weighted by molar-refractivity contribution is 0.306. The molecular weight excluding hydrogens is 246 g/mol. The highest BCUT2D eigenvalue weighted by Crippen LogP contribution is 2.24. The maximum absolute atomic E-state index is 8.75.